The Morgan fingerprint density at radius 2 is 2.09 bits per heavy atom. The normalized spacial score (nSPS) is 23.9. The van der Waals surface area contributed by atoms with Crippen LogP contribution in [0.3, 0.4) is 0 Å². The average Bonchev–Trinajstić information content (AvgIpc) is 3.12. The number of hydrogen-bond donors (Lipinski definition) is 1. The quantitative estimate of drug-likeness (QED) is 0.896. The fraction of sp³-hybridized carbons (Fsp3) is 0.500. The van der Waals surface area contributed by atoms with Crippen molar-refractivity contribution in [2.45, 2.75) is 37.6 Å². The molecule has 0 saturated carbocycles. The summed E-state index contributed by atoms with van der Waals surface area (Å²) < 4.78 is 7.72. The van der Waals surface area contributed by atoms with Gasteiger partial charge in [0.25, 0.3) is 0 Å². The van der Waals surface area contributed by atoms with Crippen molar-refractivity contribution < 1.29 is 9.84 Å². The molecule has 1 fully saturated rings. The Kier molecular flexibility index (Phi) is 3.95. The van der Waals surface area contributed by atoms with Crippen LogP contribution in [0.25, 0.3) is 0 Å². The number of fused-ring (bicyclic) bond motifs is 1. The molecule has 0 spiro atoms. The Balaban J connectivity index is 1.64. The maximum Gasteiger partial charge on any atom is 0.138 e. The summed E-state index contributed by atoms with van der Waals surface area (Å²) in [5.74, 6) is 2.47. The van der Waals surface area contributed by atoms with E-state index in [0.29, 0.717) is 41.1 Å². The highest BCUT2D eigenvalue weighted by Gasteiger charge is 2.33. The van der Waals surface area contributed by atoms with Gasteiger partial charge in [-0.1, -0.05) is 23.2 Å². The first-order valence-corrected chi connectivity index (χ1v) is 8.57. The predicted octanol–water partition coefficient (Wildman–Crippen LogP) is 3.52. The average molecular weight is 354 g/mol. The van der Waals surface area contributed by atoms with Crippen LogP contribution in [-0.2, 0) is 17.7 Å². The molecule has 1 saturated heterocycles. The summed E-state index contributed by atoms with van der Waals surface area (Å²) in [7, 11) is 0. The largest absolute Gasteiger partial charge is 0.508 e. The summed E-state index contributed by atoms with van der Waals surface area (Å²) in [5.41, 5.74) is 0.704. The van der Waals surface area contributed by atoms with Crippen LogP contribution in [0, 0.1) is 0 Å². The van der Waals surface area contributed by atoms with Crippen LogP contribution in [-0.4, -0.2) is 33.1 Å². The van der Waals surface area contributed by atoms with Crippen molar-refractivity contribution in [1.82, 2.24) is 14.8 Å². The van der Waals surface area contributed by atoms with E-state index in [-0.39, 0.29) is 11.7 Å². The summed E-state index contributed by atoms with van der Waals surface area (Å²) in [6.07, 6.45) is 2.83. The maximum absolute atomic E-state index is 10.2. The molecule has 0 unspecified atom stereocenters. The number of aromatic nitrogens is 3. The van der Waals surface area contributed by atoms with E-state index in [9.17, 15) is 5.11 Å². The fourth-order valence-electron chi connectivity index (χ4n) is 3.59. The molecule has 3 heterocycles. The molecule has 1 aromatic heterocycles. The molecule has 2 atom stereocenters. The molecule has 23 heavy (non-hydrogen) atoms. The molecule has 5 nitrogen and oxygen atoms in total. The first-order chi connectivity index (χ1) is 11.1. The van der Waals surface area contributed by atoms with E-state index in [1.807, 2.05) is 0 Å². The lowest BCUT2D eigenvalue weighted by atomic mass is 9.96. The van der Waals surface area contributed by atoms with Gasteiger partial charge >= 0.3 is 0 Å². The SMILES string of the molecule is Oc1ccc(Cl)c(Cl)c1[C@@H]1Cc2nnc([C@@H]3CCCOC3)n2C1. The van der Waals surface area contributed by atoms with Crippen molar-refractivity contribution in [2.75, 3.05) is 13.2 Å². The number of halogens is 2. The Bertz CT molecular complexity index is 741. The molecule has 2 aliphatic heterocycles. The number of phenols is 1. The second-order valence-electron chi connectivity index (χ2n) is 6.19. The summed E-state index contributed by atoms with van der Waals surface area (Å²) in [4.78, 5) is 0. The standard InChI is InChI=1S/C16H17Cl2N3O2/c17-11-3-4-12(22)14(15(11)18)10-6-13-19-20-16(21(13)7-10)9-2-1-5-23-8-9/h3-4,9-10,22H,1-2,5-8H2/t9-,10-/m1/s1. The summed E-state index contributed by atoms with van der Waals surface area (Å²) in [6.45, 7) is 2.24. The van der Waals surface area contributed by atoms with Crippen molar-refractivity contribution >= 4 is 23.2 Å². The first kappa shape index (κ1) is 15.2. The third kappa shape index (κ3) is 2.61. The predicted molar refractivity (Wildman–Crippen MR) is 87.4 cm³/mol. The lowest BCUT2D eigenvalue weighted by molar-refractivity contribution is 0.0769. The molecule has 0 bridgehead atoms. The smallest absolute Gasteiger partial charge is 0.138 e. The van der Waals surface area contributed by atoms with Gasteiger partial charge in [0.1, 0.15) is 17.4 Å². The molecule has 2 aliphatic rings. The summed E-state index contributed by atoms with van der Waals surface area (Å²) in [6, 6.07) is 3.21. The van der Waals surface area contributed by atoms with Gasteiger partial charge in [-0.15, -0.1) is 10.2 Å². The van der Waals surface area contributed by atoms with Gasteiger partial charge in [0, 0.05) is 37.0 Å². The minimum Gasteiger partial charge on any atom is -0.508 e. The molecule has 1 N–H and O–H groups in total. The molecule has 122 valence electrons. The van der Waals surface area contributed by atoms with Crippen LogP contribution in [0.4, 0.5) is 0 Å². The molecule has 0 aliphatic carbocycles. The topological polar surface area (TPSA) is 60.2 Å². The van der Waals surface area contributed by atoms with Crippen molar-refractivity contribution in [1.29, 1.82) is 0 Å². The minimum atomic E-state index is 0.0648. The van der Waals surface area contributed by atoms with Gasteiger partial charge in [-0.25, -0.2) is 0 Å². The number of rotatable bonds is 2. The number of hydrogen-bond acceptors (Lipinski definition) is 4. The minimum absolute atomic E-state index is 0.0648. The van der Waals surface area contributed by atoms with Crippen LogP contribution in [0.1, 0.15) is 41.9 Å². The molecule has 0 amide bonds. The Morgan fingerprint density at radius 1 is 1.22 bits per heavy atom. The van der Waals surface area contributed by atoms with E-state index in [4.69, 9.17) is 27.9 Å². The van der Waals surface area contributed by atoms with Gasteiger partial charge in [0.05, 0.1) is 16.7 Å². The molecular weight excluding hydrogens is 337 g/mol. The van der Waals surface area contributed by atoms with E-state index in [1.54, 1.807) is 12.1 Å². The van der Waals surface area contributed by atoms with Crippen LogP contribution in [0.5, 0.6) is 5.75 Å². The fourth-order valence-corrected chi connectivity index (χ4v) is 4.07. The molecule has 7 heteroatoms. The van der Waals surface area contributed by atoms with Crippen LogP contribution >= 0.6 is 23.2 Å². The lowest BCUT2D eigenvalue weighted by Gasteiger charge is -2.22. The van der Waals surface area contributed by atoms with E-state index >= 15 is 0 Å². The third-order valence-corrected chi connectivity index (χ3v) is 5.55. The Labute approximate surface area is 144 Å². The second-order valence-corrected chi connectivity index (χ2v) is 6.98. The van der Waals surface area contributed by atoms with Crippen molar-refractivity contribution in [3.8, 4) is 5.75 Å². The van der Waals surface area contributed by atoms with Crippen molar-refractivity contribution in [2.24, 2.45) is 0 Å². The highest BCUT2D eigenvalue weighted by molar-refractivity contribution is 6.42. The van der Waals surface area contributed by atoms with E-state index in [0.717, 1.165) is 31.1 Å². The van der Waals surface area contributed by atoms with Crippen molar-refractivity contribution in [3.63, 3.8) is 0 Å². The van der Waals surface area contributed by atoms with Crippen LogP contribution < -0.4 is 0 Å². The second kappa shape index (κ2) is 5.96. The molecule has 0 radical (unpaired) electrons. The number of aromatic hydroxyl groups is 1. The van der Waals surface area contributed by atoms with E-state index in [2.05, 4.69) is 14.8 Å². The summed E-state index contributed by atoms with van der Waals surface area (Å²) >= 11 is 12.4. The van der Waals surface area contributed by atoms with Crippen LogP contribution in [0.2, 0.25) is 10.0 Å². The first-order valence-electron chi connectivity index (χ1n) is 7.81. The zero-order valence-corrected chi connectivity index (χ0v) is 14.0. The van der Waals surface area contributed by atoms with Gasteiger partial charge in [-0.3, -0.25) is 0 Å². The Morgan fingerprint density at radius 3 is 2.87 bits per heavy atom. The molecule has 2 aromatic rings. The highest BCUT2D eigenvalue weighted by atomic mass is 35.5. The third-order valence-electron chi connectivity index (χ3n) is 4.73. The number of nitrogens with zero attached hydrogens (tertiary/aromatic N) is 3. The van der Waals surface area contributed by atoms with Crippen molar-refractivity contribution in [3.05, 3.63) is 39.4 Å². The lowest BCUT2D eigenvalue weighted by Crippen LogP contribution is -2.19. The molecule has 4 rings (SSSR count). The highest BCUT2D eigenvalue weighted by Crippen LogP contribution is 2.42. The van der Waals surface area contributed by atoms with Gasteiger partial charge in [0.15, 0.2) is 0 Å². The zero-order chi connectivity index (χ0) is 16.0. The van der Waals surface area contributed by atoms with E-state index in [1.165, 1.54) is 0 Å². The van der Waals surface area contributed by atoms with Gasteiger partial charge in [-0.05, 0) is 25.0 Å². The Hall–Kier alpha value is -1.30. The van der Waals surface area contributed by atoms with Gasteiger partial charge < -0.3 is 14.4 Å². The van der Waals surface area contributed by atoms with Gasteiger partial charge in [-0.2, -0.15) is 0 Å². The van der Waals surface area contributed by atoms with E-state index < -0.39 is 0 Å². The molecular formula is C16H17Cl2N3O2. The zero-order valence-electron chi connectivity index (χ0n) is 12.5. The maximum atomic E-state index is 10.2. The number of phenolic OH excluding ortho intramolecular Hbond substituents is 1. The summed E-state index contributed by atoms with van der Waals surface area (Å²) in [5, 5.41) is 19.8. The molecule has 1 aromatic carbocycles. The number of ether oxygens (including phenoxy) is 1. The van der Waals surface area contributed by atoms with Crippen LogP contribution in [0.15, 0.2) is 12.1 Å². The van der Waals surface area contributed by atoms with Gasteiger partial charge in [0.2, 0.25) is 0 Å². The number of benzene rings is 1. The monoisotopic (exact) mass is 353 g/mol.